The maximum atomic E-state index is 12.5. The SMILES string of the molecule is CN=C(NCC1(C2CC2)CC1)N1CCN(S(=O)(=O)Cc2ccon2)CC1. The molecule has 1 N–H and O–H groups in total. The Labute approximate surface area is 154 Å². The van der Waals surface area contributed by atoms with Crippen LogP contribution in [0.4, 0.5) is 0 Å². The van der Waals surface area contributed by atoms with E-state index in [9.17, 15) is 8.42 Å². The van der Waals surface area contributed by atoms with E-state index in [0.717, 1.165) is 18.4 Å². The van der Waals surface area contributed by atoms with E-state index in [1.807, 2.05) is 0 Å². The fraction of sp³-hybridized carbons (Fsp3) is 0.765. The minimum atomic E-state index is -3.37. The quantitative estimate of drug-likeness (QED) is 0.581. The van der Waals surface area contributed by atoms with Crippen LogP contribution in [0.25, 0.3) is 0 Å². The summed E-state index contributed by atoms with van der Waals surface area (Å²) in [5, 5.41) is 7.24. The van der Waals surface area contributed by atoms with Crippen LogP contribution in [-0.2, 0) is 15.8 Å². The van der Waals surface area contributed by atoms with Gasteiger partial charge in [0.1, 0.15) is 12.0 Å². The van der Waals surface area contributed by atoms with Crippen molar-refractivity contribution >= 4 is 16.0 Å². The fourth-order valence-electron chi connectivity index (χ4n) is 3.94. The highest BCUT2D eigenvalue weighted by Crippen LogP contribution is 2.60. The molecule has 4 rings (SSSR count). The first kappa shape index (κ1) is 17.8. The Morgan fingerprint density at radius 1 is 1.35 bits per heavy atom. The molecule has 2 saturated carbocycles. The van der Waals surface area contributed by atoms with E-state index < -0.39 is 10.0 Å². The van der Waals surface area contributed by atoms with Crippen molar-refractivity contribution in [1.82, 2.24) is 19.7 Å². The predicted molar refractivity (Wildman–Crippen MR) is 98.0 cm³/mol. The number of guanidine groups is 1. The van der Waals surface area contributed by atoms with Crippen molar-refractivity contribution in [3.63, 3.8) is 0 Å². The zero-order valence-corrected chi connectivity index (χ0v) is 16.0. The number of piperazine rings is 1. The minimum Gasteiger partial charge on any atom is -0.364 e. The zero-order valence-electron chi connectivity index (χ0n) is 15.2. The molecule has 1 aromatic rings. The van der Waals surface area contributed by atoms with Crippen molar-refractivity contribution in [3.05, 3.63) is 18.0 Å². The first-order chi connectivity index (χ1) is 12.5. The van der Waals surface area contributed by atoms with Crippen LogP contribution in [0.1, 0.15) is 31.4 Å². The smallest absolute Gasteiger partial charge is 0.220 e. The Kier molecular flexibility index (Phi) is 4.68. The Morgan fingerprint density at radius 2 is 2.08 bits per heavy atom. The van der Waals surface area contributed by atoms with Gasteiger partial charge in [-0.3, -0.25) is 4.99 Å². The molecule has 9 heteroatoms. The van der Waals surface area contributed by atoms with Crippen LogP contribution < -0.4 is 5.32 Å². The highest BCUT2D eigenvalue weighted by Gasteiger charge is 2.53. The van der Waals surface area contributed by atoms with Crippen molar-refractivity contribution in [2.24, 2.45) is 16.3 Å². The summed E-state index contributed by atoms with van der Waals surface area (Å²) in [7, 11) is -1.57. The van der Waals surface area contributed by atoms with E-state index in [0.29, 0.717) is 37.3 Å². The van der Waals surface area contributed by atoms with Crippen LogP contribution in [0.2, 0.25) is 0 Å². The van der Waals surface area contributed by atoms with Crippen molar-refractivity contribution < 1.29 is 12.9 Å². The molecule has 0 atom stereocenters. The molecular weight excluding hydrogens is 354 g/mol. The van der Waals surface area contributed by atoms with Gasteiger partial charge in [-0.1, -0.05) is 5.16 Å². The molecule has 0 amide bonds. The van der Waals surface area contributed by atoms with Gasteiger partial charge in [0, 0.05) is 45.8 Å². The van der Waals surface area contributed by atoms with Gasteiger partial charge < -0.3 is 14.7 Å². The molecule has 2 heterocycles. The molecule has 2 aliphatic carbocycles. The number of rotatable bonds is 6. The van der Waals surface area contributed by atoms with E-state index in [1.165, 1.54) is 36.3 Å². The number of aliphatic imine (C=N–C) groups is 1. The molecule has 26 heavy (non-hydrogen) atoms. The highest BCUT2D eigenvalue weighted by molar-refractivity contribution is 7.88. The zero-order chi connectivity index (χ0) is 18.2. The summed E-state index contributed by atoms with van der Waals surface area (Å²) in [4.78, 5) is 6.57. The lowest BCUT2D eigenvalue weighted by Crippen LogP contribution is -2.54. The molecule has 3 aliphatic rings. The maximum Gasteiger partial charge on any atom is 0.220 e. The lowest BCUT2D eigenvalue weighted by Gasteiger charge is -2.36. The van der Waals surface area contributed by atoms with Crippen LogP contribution in [0.15, 0.2) is 21.8 Å². The second-order valence-electron chi connectivity index (χ2n) is 7.67. The third-order valence-corrected chi connectivity index (χ3v) is 7.71. The average Bonchev–Trinajstić information content (AvgIpc) is 3.55. The number of hydrogen-bond acceptors (Lipinski definition) is 5. The molecule has 8 nitrogen and oxygen atoms in total. The first-order valence-corrected chi connectivity index (χ1v) is 11.0. The van der Waals surface area contributed by atoms with E-state index in [1.54, 1.807) is 13.1 Å². The third-order valence-electron chi connectivity index (χ3n) is 5.90. The van der Waals surface area contributed by atoms with Gasteiger partial charge in [0.25, 0.3) is 0 Å². The normalized spacial score (nSPS) is 23.9. The Balaban J connectivity index is 1.29. The molecule has 1 aromatic heterocycles. The van der Waals surface area contributed by atoms with E-state index in [4.69, 9.17) is 4.52 Å². The number of aromatic nitrogens is 1. The summed E-state index contributed by atoms with van der Waals surface area (Å²) in [5.41, 5.74) is 0.957. The summed E-state index contributed by atoms with van der Waals surface area (Å²) in [6.07, 6.45) is 6.81. The summed E-state index contributed by atoms with van der Waals surface area (Å²) >= 11 is 0. The molecule has 0 aromatic carbocycles. The summed E-state index contributed by atoms with van der Waals surface area (Å²) in [6, 6.07) is 1.59. The van der Waals surface area contributed by atoms with Crippen molar-refractivity contribution in [3.8, 4) is 0 Å². The maximum absolute atomic E-state index is 12.5. The van der Waals surface area contributed by atoms with Crippen molar-refractivity contribution in [1.29, 1.82) is 0 Å². The molecular formula is C17H27N5O3S. The van der Waals surface area contributed by atoms with E-state index in [2.05, 4.69) is 20.4 Å². The lowest BCUT2D eigenvalue weighted by atomic mass is 10.0. The molecule has 0 spiro atoms. The minimum absolute atomic E-state index is 0.111. The standard InChI is InChI=1S/C17H27N5O3S/c1-18-16(19-13-17(5-6-17)14-2-3-14)21-7-9-22(10-8-21)26(23,24)12-15-4-11-25-20-15/h4,11,14H,2-3,5-10,12-13H2,1H3,(H,18,19). The molecule has 3 fully saturated rings. The molecule has 1 aliphatic heterocycles. The number of nitrogens with one attached hydrogen (secondary N) is 1. The van der Waals surface area contributed by atoms with Gasteiger partial charge in [-0.05, 0) is 37.0 Å². The third kappa shape index (κ3) is 3.73. The molecule has 0 unspecified atom stereocenters. The van der Waals surface area contributed by atoms with E-state index >= 15 is 0 Å². The topological polar surface area (TPSA) is 91.0 Å². The Morgan fingerprint density at radius 3 is 2.62 bits per heavy atom. The van der Waals surface area contributed by atoms with Crippen LogP contribution in [0.5, 0.6) is 0 Å². The van der Waals surface area contributed by atoms with Crippen molar-refractivity contribution in [2.45, 2.75) is 31.4 Å². The fourth-order valence-corrected chi connectivity index (χ4v) is 5.37. The number of nitrogens with zero attached hydrogens (tertiary/aromatic N) is 4. The molecule has 0 bridgehead atoms. The highest BCUT2D eigenvalue weighted by atomic mass is 32.2. The molecule has 1 saturated heterocycles. The van der Waals surface area contributed by atoms with Gasteiger partial charge in [-0.15, -0.1) is 0 Å². The van der Waals surface area contributed by atoms with Crippen LogP contribution in [0.3, 0.4) is 0 Å². The summed E-state index contributed by atoms with van der Waals surface area (Å²) in [6.45, 7) is 3.22. The predicted octanol–water partition coefficient (Wildman–Crippen LogP) is 0.888. The van der Waals surface area contributed by atoms with Gasteiger partial charge in [0.15, 0.2) is 5.96 Å². The summed E-state index contributed by atoms with van der Waals surface area (Å²) < 4.78 is 31.3. The number of hydrogen-bond donors (Lipinski definition) is 1. The number of sulfonamides is 1. The van der Waals surface area contributed by atoms with Gasteiger partial charge in [0.05, 0.1) is 5.69 Å². The van der Waals surface area contributed by atoms with Gasteiger partial charge in [-0.25, -0.2) is 8.42 Å². The lowest BCUT2D eigenvalue weighted by molar-refractivity contribution is 0.257. The monoisotopic (exact) mass is 381 g/mol. The van der Waals surface area contributed by atoms with Gasteiger partial charge in [0.2, 0.25) is 10.0 Å². The van der Waals surface area contributed by atoms with Crippen molar-refractivity contribution in [2.75, 3.05) is 39.8 Å². The van der Waals surface area contributed by atoms with Crippen LogP contribution >= 0.6 is 0 Å². The van der Waals surface area contributed by atoms with Gasteiger partial charge in [-0.2, -0.15) is 4.31 Å². The van der Waals surface area contributed by atoms with Crippen LogP contribution in [-0.4, -0.2) is 68.5 Å². The second-order valence-corrected chi connectivity index (χ2v) is 9.64. The largest absolute Gasteiger partial charge is 0.364 e. The second kappa shape index (κ2) is 6.84. The average molecular weight is 382 g/mol. The molecule has 144 valence electrons. The van der Waals surface area contributed by atoms with Crippen LogP contribution in [0, 0.1) is 11.3 Å². The Hall–Kier alpha value is -1.61. The van der Waals surface area contributed by atoms with E-state index in [-0.39, 0.29) is 5.75 Å². The van der Waals surface area contributed by atoms with Gasteiger partial charge >= 0.3 is 0 Å². The molecule has 0 radical (unpaired) electrons. The summed E-state index contributed by atoms with van der Waals surface area (Å²) in [5.74, 6) is 1.69. The first-order valence-electron chi connectivity index (χ1n) is 9.35. The Bertz CT molecular complexity index is 745.